The van der Waals surface area contributed by atoms with E-state index in [9.17, 15) is 4.79 Å². The van der Waals surface area contributed by atoms with E-state index < -0.39 is 0 Å². The summed E-state index contributed by atoms with van der Waals surface area (Å²) in [6.45, 7) is 0.0353. The average Bonchev–Trinajstić information content (AvgIpc) is 3.27. The lowest BCUT2D eigenvalue weighted by molar-refractivity contribution is -0.118. The van der Waals surface area contributed by atoms with Crippen molar-refractivity contribution in [2.75, 3.05) is 24.3 Å². The third-order valence-corrected chi connectivity index (χ3v) is 5.99. The summed E-state index contributed by atoms with van der Waals surface area (Å²) in [7, 11) is 1.74. The fraction of sp³-hybridized carbons (Fsp3) is 0.0800. The Hall–Kier alpha value is -4.17. The zero-order valence-corrected chi connectivity index (χ0v) is 18.7. The molecule has 0 spiro atoms. The molecule has 8 heteroatoms. The van der Waals surface area contributed by atoms with Crippen molar-refractivity contribution in [3.63, 3.8) is 0 Å². The van der Waals surface area contributed by atoms with E-state index in [2.05, 4.69) is 15.6 Å². The summed E-state index contributed by atoms with van der Waals surface area (Å²) in [6.07, 6.45) is 1.81. The molecule has 0 bridgehead atoms. The van der Waals surface area contributed by atoms with Crippen LogP contribution in [-0.4, -0.2) is 30.5 Å². The fourth-order valence-corrected chi connectivity index (χ4v) is 4.27. The van der Waals surface area contributed by atoms with Gasteiger partial charge in [-0.3, -0.25) is 9.79 Å². The van der Waals surface area contributed by atoms with Gasteiger partial charge in [0.15, 0.2) is 6.61 Å². The van der Waals surface area contributed by atoms with Gasteiger partial charge in [0.1, 0.15) is 5.75 Å². The summed E-state index contributed by atoms with van der Waals surface area (Å²) < 4.78 is 7.27. The van der Waals surface area contributed by atoms with E-state index in [0.717, 1.165) is 33.0 Å². The van der Waals surface area contributed by atoms with Gasteiger partial charge in [0.2, 0.25) is 4.80 Å². The number of benzene rings is 3. The normalized spacial score (nSPS) is 13.5. The quantitative estimate of drug-likeness (QED) is 0.428. The number of rotatable bonds is 5. The molecule has 164 valence electrons. The second-order valence-corrected chi connectivity index (χ2v) is 8.18. The number of anilines is 3. The van der Waals surface area contributed by atoms with Crippen LogP contribution < -0.4 is 20.2 Å². The number of nitrogens with one attached hydrogen (secondary N) is 2. The van der Waals surface area contributed by atoms with Crippen LogP contribution in [0.5, 0.6) is 5.75 Å². The molecule has 1 aliphatic rings. The lowest BCUT2D eigenvalue weighted by Gasteiger charge is -2.18. The number of aromatic nitrogens is 1. The minimum absolute atomic E-state index is 0.0353. The summed E-state index contributed by atoms with van der Waals surface area (Å²) in [4.78, 5) is 16.8. The molecule has 0 saturated heterocycles. The average molecular weight is 456 g/mol. The number of nitrogens with zero attached hydrogens (tertiary/aromatic N) is 3. The monoisotopic (exact) mass is 455 g/mol. The molecule has 2 heterocycles. The van der Waals surface area contributed by atoms with Crippen molar-refractivity contribution in [3.05, 3.63) is 88.5 Å². The first-order valence-corrected chi connectivity index (χ1v) is 11.2. The van der Waals surface area contributed by atoms with E-state index in [1.54, 1.807) is 17.9 Å². The minimum Gasteiger partial charge on any atom is -0.482 e. The van der Waals surface area contributed by atoms with E-state index in [1.165, 1.54) is 11.3 Å². The summed E-state index contributed by atoms with van der Waals surface area (Å²) in [5.41, 5.74) is 5.45. The topological polar surface area (TPSA) is 80.0 Å². The molecule has 2 N–H and O–H groups in total. The second-order valence-electron chi connectivity index (χ2n) is 7.34. The molecule has 1 amide bonds. The van der Waals surface area contributed by atoms with Gasteiger partial charge in [-0.05, 0) is 48.0 Å². The number of amides is 1. The summed E-state index contributed by atoms with van der Waals surface area (Å²) in [5.74, 6) is 0.499. The van der Waals surface area contributed by atoms with E-state index in [4.69, 9.17) is 9.84 Å². The van der Waals surface area contributed by atoms with Gasteiger partial charge in [-0.2, -0.15) is 5.10 Å². The number of ether oxygens (including phenoxy) is 1. The Morgan fingerprint density at radius 3 is 2.64 bits per heavy atom. The van der Waals surface area contributed by atoms with Gasteiger partial charge in [0, 0.05) is 29.4 Å². The number of carbonyl (C=O) groups is 1. The van der Waals surface area contributed by atoms with Gasteiger partial charge in [0.05, 0.1) is 17.6 Å². The molecule has 0 aliphatic carbocycles. The molecular formula is C25H21N5O2S. The third-order valence-electron chi connectivity index (χ3n) is 5.08. The highest BCUT2D eigenvalue weighted by molar-refractivity contribution is 7.07. The van der Waals surface area contributed by atoms with Crippen molar-refractivity contribution in [1.82, 2.24) is 4.68 Å². The van der Waals surface area contributed by atoms with Crippen molar-refractivity contribution in [2.45, 2.75) is 0 Å². The Labute approximate surface area is 194 Å². The van der Waals surface area contributed by atoms with Crippen LogP contribution in [0.3, 0.4) is 0 Å². The molecule has 33 heavy (non-hydrogen) atoms. The first-order chi connectivity index (χ1) is 16.2. The predicted octanol–water partition coefficient (Wildman–Crippen LogP) is 4.70. The zero-order chi connectivity index (χ0) is 22.6. The van der Waals surface area contributed by atoms with E-state index in [0.29, 0.717) is 11.4 Å². The molecule has 7 nitrogen and oxygen atoms in total. The van der Waals surface area contributed by atoms with Crippen LogP contribution in [0.4, 0.5) is 17.1 Å². The minimum atomic E-state index is -0.162. The van der Waals surface area contributed by atoms with Crippen LogP contribution in [0, 0.1) is 0 Å². The van der Waals surface area contributed by atoms with Crippen LogP contribution >= 0.6 is 11.3 Å². The largest absolute Gasteiger partial charge is 0.482 e. The fourth-order valence-electron chi connectivity index (χ4n) is 3.47. The smallest absolute Gasteiger partial charge is 0.262 e. The molecule has 0 radical (unpaired) electrons. The standard InChI is InChI=1S/C25H21N5O2S/c1-26-25-30(22(16-33-25)18-9-12-23-21(13-18)29-24(31)15-32-23)27-14-17-7-10-20(11-8-17)28-19-5-3-2-4-6-19/h2-14,16,28H,15H2,1H3,(H,29,31). The van der Waals surface area contributed by atoms with Crippen molar-refractivity contribution in [2.24, 2.45) is 10.1 Å². The molecule has 3 aromatic carbocycles. The molecule has 0 saturated carbocycles. The first kappa shape index (κ1) is 20.7. The van der Waals surface area contributed by atoms with Crippen molar-refractivity contribution < 1.29 is 9.53 Å². The Kier molecular flexibility index (Phi) is 5.73. The Morgan fingerprint density at radius 2 is 1.85 bits per heavy atom. The number of thiazole rings is 1. The molecule has 5 rings (SSSR count). The molecule has 4 aromatic rings. The van der Waals surface area contributed by atoms with Gasteiger partial charge in [-0.1, -0.05) is 30.3 Å². The van der Waals surface area contributed by atoms with Gasteiger partial charge < -0.3 is 15.4 Å². The maximum Gasteiger partial charge on any atom is 0.262 e. The van der Waals surface area contributed by atoms with Crippen molar-refractivity contribution in [1.29, 1.82) is 0 Å². The lowest BCUT2D eigenvalue weighted by atomic mass is 10.1. The van der Waals surface area contributed by atoms with Gasteiger partial charge >= 0.3 is 0 Å². The molecule has 1 aliphatic heterocycles. The Morgan fingerprint density at radius 1 is 1.06 bits per heavy atom. The number of hydrogen-bond acceptors (Lipinski definition) is 6. The Balaban J connectivity index is 1.41. The first-order valence-electron chi connectivity index (χ1n) is 10.4. The summed E-state index contributed by atoms with van der Waals surface area (Å²) in [6, 6.07) is 23.8. The number of hydrogen-bond donors (Lipinski definition) is 2. The van der Waals surface area contributed by atoms with Crippen molar-refractivity contribution >= 4 is 40.5 Å². The number of fused-ring (bicyclic) bond motifs is 1. The van der Waals surface area contributed by atoms with E-state index in [1.807, 2.05) is 78.2 Å². The predicted molar refractivity (Wildman–Crippen MR) is 133 cm³/mol. The molecular weight excluding hydrogens is 434 g/mol. The zero-order valence-electron chi connectivity index (χ0n) is 17.9. The summed E-state index contributed by atoms with van der Waals surface area (Å²) in [5, 5.41) is 12.9. The van der Waals surface area contributed by atoms with Crippen molar-refractivity contribution in [3.8, 4) is 17.0 Å². The van der Waals surface area contributed by atoms with Crippen LogP contribution in [0.1, 0.15) is 5.56 Å². The third kappa shape index (κ3) is 4.56. The molecule has 1 aromatic heterocycles. The maximum atomic E-state index is 11.7. The van der Waals surface area contributed by atoms with Gasteiger partial charge in [0.25, 0.3) is 5.91 Å². The second kappa shape index (κ2) is 9.13. The van der Waals surface area contributed by atoms with E-state index in [-0.39, 0.29) is 12.5 Å². The number of para-hydroxylation sites is 1. The SMILES string of the molecule is CN=c1scc(-c2ccc3c(c2)NC(=O)CO3)n1N=Cc1ccc(Nc2ccccc2)cc1. The lowest BCUT2D eigenvalue weighted by Crippen LogP contribution is -2.25. The highest BCUT2D eigenvalue weighted by atomic mass is 32.1. The Bertz CT molecular complexity index is 1390. The highest BCUT2D eigenvalue weighted by Crippen LogP contribution is 2.32. The summed E-state index contributed by atoms with van der Waals surface area (Å²) >= 11 is 1.50. The number of carbonyl (C=O) groups excluding carboxylic acids is 1. The van der Waals surface area contributed by atoms with Crippen LogP contribution in [-0.2, 0) is 4.79 Å². The van der Waals surface area contributed by atoms with E-state index >= 15 is 0 Å². The molecule has 0 unspecified atom stereocenters. The van der Waals surface area contributed by atoms with Crippen LogP contribution in [0.15, 0.2) is 88.3 Å². The maximum absolute atomic E-state index is 11.7. The van der Waals surface area contributed by atoms with Gasteiger partial charge in [-0.25, -0.2) is 4.68 Å². The van der Waals surface area contributed by atoms with Crippen LogP contribution in [0.25, 0.3) is 11.3 Å². The van der Waals surface area contributed by atoms with Gasteiger partial charge in [-0.15, -0.1) is 11.3 Å². The molecule has 0 atom stereocenters. The van der Waals surface area contributed by atoms with Crippen LogP contribution in [0.2, 0.25) is 0 Å². The molecule has 0 fully saturated rings. The highest BCUT2D eigenvalue weighted by Gasteiger charge is 2.17.